The molecule has 26 heavy (non-hydrogen) atoms. The fourth-order valence-electron chi connectivity index (χ4n) is 2.28. The Kier molecular flexibility index (Phi) is 6.63. The SMILES string of the molecule is CC(C)c1cccc(NC(N)=NCCOc2ccc(S(C)(=O)=O)cc2)c1. The summed E-state index contributed by atoms with van der Waals surface area (Å²) in [6.45, 7) is 5.00. The first-order valence-electron chi connectivity index (χ1n) is 8.35. The average molecular weight is 375 g/mol. The average Bonchev–Trinajstić information content (AvgIpc) is 2.58. The first-order valence-corrected chi connectivity index (χ1v) is 10.2. The predicted molar refractivity (Wildman–Crippen MR) is 106 cm³/mol. The van der Waals surface area contributed by atoms with E-state index < -0.39 is 9.84 Å². The van der Waals surface area contributed by atoms with Gasteiger partial charge in [-0.1, -0.05) is 26.0 Å². The lowest BCUT2D eigenvalue weighted by Gasteiger charge is -2.10. The molecule has 2 aromatic rings. The minimum Gasteiger partial charge on any atom is -0.492 e. The van der Waals surface area contributed by atoms with E-state index >= 15 is 0 Å². The molecule has 2 aromatic carbocycles. The number of nitrogens with one attached hydrogen (secondary N) is 1. The van der Waals surface area contributed by atoms with Gasteiger partial charge in [0.15, 0.2) is 15.8 Å². The van der Waals surface area contributed by atoms with E-state index in [4.69, 9.17) is 10.5 Å². The first-order chi connectivity index (χ1) is 12.3. The standard InChI is InChI=1S/C19H25N3O3S/c1-14(2)15-5-4-6-16(13-15)22-19(20)21-11-12-25-17-7-9-18(10-8-17)26(3,23)24/h4-10,13-14H,11-12H2,1-3H3,(H3,20,21,22). The smallest absolute Gasteiger partial charge is 0.193 e. The van der Waals surface area contributed by atoms with E-state index in [0.717, 1.165) is 5.69 Å². The van der Waals surface area contributed by atoms with Crippen molar-refractivity contribution in [2.45, 2.75) is 24.7 Å². The maximum Gasteiger partial charge on any atom is 0.193 e. The van der Waals surface area contributed by atoms with Gasteiger partial charge in [-0.3, -0.25) is 0 Å². The fraction of sp³-hybridized carbons (Fsp3) is 0.316. The van der Waals surface area contributed by atoms with Gasteiger partial charge in [0.25, 0.3) is 0 Å². The van der Waals surface area contributed by atoms with E-state index in [9.17, 15) is 8.42 Å². The third-order valence-electron chi connectivity index (χ3n) is 3.72. The molecule has 0 aliphatic rings. The minimum absolute atomic E-state index is 0.264. The Morgan fingerprint density at radius 2 is 1.88 bits per heavy atom. The predicted octanol–water partition coefficient (Wildman–Crippen LogP) is 3.02. The number of anilines is 1. The molecule has 0 spiro atoms. The molecule has 0 saturated carbocycles. The number of hydrogen-bond donors (Lipinski definition) is 2. The summed E-state index contributed by atoms with van der Waals surface area (Å²) in [5.41, 5.74) is 8.02. The highest BCUT2D eigenvalue weighted by Gasteiger charge is 2.06. The number of hydrogen-bond acceptors (Lipinski definition) is 4. The van der Waals surface area contributed by atoms with Crippen LogP contribution in [0.4, 0.5) is 5.69 Å². The van der Waals surface area contributed by atoms with Crippen molar-refractivity contribution < 1.29 is 13.2 Å². The van der Waals surface area contributed by atoms with Gasteiger partial charge in [-0.2, -0.15) is 0 Å². The number of rotatable bonds is 7. The lowest BCUT2D eigenvalue weighted by molar-refractivity contribution is 0.328. The summed E-state index contributed by atoms with van der Waals surface area (Å²) < 4.78 is 28.4. The summed E-state index contributed by atoms with van der Waals surface area (Å²) >= 11 is 0. The molecule has 0 atom stereocenters. The minimum atomic E-state index is -3.20. The Balaban J connectivity index is 1.83. The topological polar surface area (TPSA) is 93.8 Å². The van der Waals surface area contributed by atoms with Crippen LogP contribution in [0.25, 0.3) is 0 Å². The highest BCUT2D eigenvalue weighted by Crippen LogP contribution is 2.18. The molecule has 0 bridgehead atoms. The molecule has 7 heteroatoms. The molecule has 0 heterocycles. The molecular weight excluding hydrogens is 350 g/mol. The Morgan fingerprint density at radius 3 is 2.50 bits per heavy atom. The van der Waals surface area contributed by atoms with Gasteiger partial charge in [0.05, 0.1) is 11.4 Å². The summed E-state index contributed by atoms with van der Waals surface area (Å²) in [7, 11) is -3.20. The van der Waals surface area contributed by atoms with Gasteiger partial charge in [-0.25, -0.2) is 13.4 Å². The molecule has 140 valence electrons. The van der Waals surface area contributed by atoms with E-state index in [1.54, 1.807) is 12.1 Å². The van der Waals surface area contributed by atoms with Crippen LogP contribution in [-0.2, 0) is 9.84 Å². The van der Waals surface area contributed by atoms with Crippen LogP contribution >= 0.6 is 0 Å². The van der Waals surface area contributed by atoms with E-state index in [0.29, 0.717) is 30.8 Å². The van der Waals surface area contributed by atoms with Crippen LogP contribution in [0.3, 0.4) is 0 Å². The van der Waals surface area contributed by atoms with E-state index in [-0.39, 0.29) is 4.90 Å². The van der Waals surface area contributed by atoms with Crippen LogP contribution < -0.4 is 15.8 Å². The van der Waals surface area contributed by atoms with Gasteiger partial charge in [-0.05, 0) is 47.9 Å². The second-order valence-electron chi connectivity index (χ2n) is 6.26. The number of aliphatic imine (C=N–C) groups is 1. The van der Waals surface area contributed by atoms with Crippen LogP contribution in [0, 0.1) is 0 Å². The Labute approximate surface area is 155 Å². The molecule has 3 N–H and O–H groups in total. The van der Waals surface area contributed by atoms with E-state index in [2.05, 4.69) is 30.2 Å². The molecule has 0 aliphatic carbocycles. The number of nitrogens with two attached hydrogens (primary N) is 1. The molecule has 6 nitrogen and oxygen atoms in total. The van der Waals surface area contributed by atoms with Crippen molar-refractivity contribution in [3.8, 4) is 5.75 Å². The zero-order valence-electron chi connectivity index (χ0n) is 15.3. The van der Waals surface area contributed by atoms with Gasteiger partial charge in [-0.15, -0.1) is 0 Å². The van der Waals surface area contributed by atoms with Gasteiger partial charge in [0.2, 0.25) is 0 Å². The van der Waals surface area contributed by atoms with Crippen LogP contribution in [-0.4, -0.2) is 33.8 Å². The summed E-state index contributed by atoms with van der Waals surface area (Å²) in [6, 6.07) is 14.3. The third kappa shape index (κ3) is 6.07. The highest BCUT2D eigenvalue weighted by molar-refractivity contribution is 7.90. The molecule has 0 amide bonds. The quantitative estimate of drug-likeness (QED) is 0.441. The van der Waals surface area contributed by atoms with Crippen LogP contribution in [0.1, 0.15) is 25.3 Å². The maximum absolute atomic E-state index is 11.4. The second-order valence-corrected chi connectivity index (χ2v) is 8.28. The molecule has 0 radical (unpaired) electrons. The summed E-state index contributed by atoms with van der Waals surface area (Å²) in [4.78, 5) is 4.49. The Morgan fingerprint density at radius 1 is 1.19 bits per heavy atom. The maximum atomic E-state index is 11.4. The fourth-order valence-corrected chi connectivity index (χ4v) is 2.91. The number of nitrogens with zero attached hydrogens (tertiary/aromatic N) is 1. The van der Waals surface area contributed by atoms with E-state index in [1.165, 1.54) is 24.0 Å². The van der Waals surface area contributed by atoms with Gasteiger partial charge < -0.3 is 15.8 Å². The highest BCUT2D eigenvalue weighted by atomic mass is 32.2. The molecule has 0 aliphatic heterocycles. The molecule has 0 saturated heterocycles. The monoisotopic (exact) mass is 375 g/mol. The number of guanidine groups is 1. The van der Waals surface area contributed by atoms with Crippen LogP contribution in [0.5, 0.6) is 5.75 Å². The van der Waals surface area contributed by atoms with Crippen molar-refractivity contribution in [3.63, 3.8) is 0 Å². The van der Waals surface area contributed by atoms with Gasteiger partial charge in [0, 0.05) is 11.9 Å². The molecule has 2 rings (SSSR count). The Hall–Kier alpha value is -2.54. The number of ether oxygens (including phenoxy) is 1. The van der Waals surface area contributed by atoms with Gasteiger partial charge >= 0.3 is 0 Å². The number of sulfone groups is 1. The van der Waals surface area contributed by atoms with Crippen molar-refractivity contribution in [2.75, 3.05) is 24.7 Å². The normalized spacial score (nSPS) is 12.2. The van der Waals surface area contributed by atoms with Gasteiger partial charge in [0.1, 0.15) is 12.4 Å². The van der Waals surface area contributed by atoms with Crippen molar-refractivity contribution in [2.24, 2.45) is 10.7 Å². The summed E-state index contributed by atoms with van der Waals surface area (Å²) in [5, 5.41) is 3.07. The summed E-state index contributed by atoms with van der Waals surface area (Å²) in [6.07, 6.45) is 1.17. The number of benzene rings is 2. The zero-order valence-corrected chi connectivity index (χ0v) is 16.1. The lowest BCUT2D eigenvalue weighted by Crippen LogP contribution is -2.23. The summed E-state index contributed by atoms with van der Waals surface area (Å²) in [5.74, 6) is 1.35. The molecule has 0 unspecified atom stereocenters. The lowest BCUT2D eigenvalue weighted by atomic mass is 10.0. The Bertz CT molecular complexity index is 860. The van der Waals surface area contributed by atoms with Crippen molar-refractivity contribution in [1.29, 1.82) is 0 Å². The molecule has 0 fully saturated rings. The van der Waals surface area contributed by atoms with Crippen LogP contribution in [0.15, 0.2) is 58.4 Å². The van der Waals surface area contributed by atoms with Crippen LogP contribution in [0.2, 0.25) is 0 Å². The molecule has 0 aromatic heterocycles. The first kappa shape index (κ1) is 19.8. The van der Waals surface area contributed by atoms with E-state index in [1.807, 2.05) is 18.2 Å². The van der Waals surface area contributed by atoms with Crippen molar-refractivity contribution in [3.05, 3.63) is 54.1 Å². The third-order valence-corrected chi connectivity index (χ3v) is 4.85. The second kappa shape index (κ2) is 8.71. The largest absolute Gasteiger partial charge is 0.492 e. The molecular formula is C19H25N3O3S. The van der Waals surface area contributed by atoms with Crippen molar-refractivity contribution in [1.82, 2.24) is 0 Å². The zero-order chi connectivity index (χ0) is 19.2. The van der Waals surface area contributed by atoms with Crippen molar-refractivity contribution >= 4 is 21.5 Å².